The number of aryl methyl sites for hydroxylation is 4. The third-order valence-electron chi connectivity index (χ3n) is 5.84. The molecule has 0 aliphatic carbocycles. The average molecular weight is 389 g/mol. The summed E-state index contributed by atoms with van der Waals surface area (Å²) in [7, 11) is 0. The van der Waals surface area contributed by atoms with Gasteiger partial charge in [0.25, 0.3) is 0 Å². The van der Waals surface area contributed by atoms with Gasteiger partial charge in [0.15, 0.2) is 0 Å². The Bertz CT molecular complexity index is 1060. The van der Waals surface area contributed by atoms with Gasteiger partial charge in [-0.1, -0.05) is 97.1 Å². The van der Waals surface area contributed by atoms with Gasteiger partial charge in [-0.3, -0.25) is 0 Å². The van der Waals surface area contributed by atoms with Gasteiger partial charge in [0.2, 0.25) is 0 Å². The second-order valence-electron chi connectivity index (χ2n) is 8.02. The minimum absolute atomic E-state index is 1.25. The van der Waals surface area contributed by atoms with Crippen molar-refractivity contribution in [3.63, 3.8) is 0 Å². The van der Waals surface area contributed by atoms with Crippen LogP contribution in [0.3, 0.4) is 0 Å². The van der Waals surface area contributed by atoms with E-state index >= 15 is 0 Å². The molecule has 0 N–H and O–H groups in total. The highest BCUT2D eigenvalue weighted by molar-refractivity contribution is 6.06. The summed E-state index contributed by atoms with van der Waals surface area (Å²) in [6.45, 7) is 8.88. The molecule has 4 aromatic rings. The Labute approximate surface area is 180 Å². The van der Waals surface area contributed by atoms with Crippen LogP contribution in [0, 0.1) is 27.7 Å². The summed E-state index contributed by atoms with van der Waals surface area (Å²) in [4.78, 5) is 0. The van der Waals surface area contributed by atoms with Crippen molar-refractivity contribution in [2.75, 3.05) is 0 Å². The molecule has 0 nitrogen and oxygen atoms in total. The van der Waals surface area contributed by atoms with E-state index in [9.17, 15) is 0 Å². The highest BCUT2D eigenvalue weighted by atomic mass is 14.2. The lowest BCUT2D eigenvalue weighted by molar-refractivity contribution is 1.31. The van der Waals surface area contributed by atoms with E-state index in [2.05, 4.69) is 125 Å². The van der Waals surface area contributed by atoms with Gasteiger partial charge in [-0.15, -0.1) is 0 Å². The topological polar surface area (TPSA) is 0 Å². The predicted octanol–water partition coefficient (Wildman–Crippen LogP) is 7.93. The van der Waals surface area contributed by atoms with Crippen molar-refractivity contribution in [3.05, 3.63) is 142 Å². The van der Waals surface area contributed by atoms with E-state index in [1.807, 2.05) is 0 Å². The first-order valence-electron chi connectivity index (χ1n) is 10.6. The van der Waals surface area contributed by atoms with Crippen LogP contribution in [0.2, 0.25) is 0 Å². The molecule has 0 aliphatic rings. The molecule has 148 valence electrons. The van der Waals surface area contributed by atoms with Crippen LogP contribution < -0.4 is 0 Å². The molecule has 0 saturated carbocycles. The number of rotatable bonds is 4. The van der Waals surface area contributed by atoms with Gasteiger partial charge in [-0.2, -0.15) is 0 Å². The molecule has 30 heavy (non-hydrogen) atoms. The highest BCUT2D eigenvalue weighted by Gasteiger charge is 2.21. The van der Waals surface area contributed by atoms with E-state index in [0.29, 0.717) is 0 Å². The number of hydrogen-bond acceptors (Lipinski definition) is 0. The fourth-order valence-corrected chi connectivity index (χ4v) is 4.45. The third kappa shape index (κ3) is 3.74. The fourth-order valence-electron chi connectivity index (χ4n) is 4.45. The van der Waals surface area contributed by atoms with Gasteiger partial charge in [-0.25, -0.2) is 0 Å². The molecule has 0 unspecified atom stereocenters. The maximum atomic E-state index is 2.23. The zero-order chi connectivity index (χ0) is 21.1. The van der Waals surface area contributed by atoms with E-state index in [-0.39, 0.29) is 0 Å². The lowest BCUT2D eigenvalue weighted by Crippen LogP contribution is -2.03. The van der Waals surface area contributed by atoms with Crippen LogP contribution in [0.5, 0.6) is 0 Å². The molecule has 0 heterocycles. The normalized spacial score (nSPS) is 11.9. The molecule has 0 atom stereocenters. The molecule has 0 fully saturated rings. The van der Waals surface area contributed by atoms with E-state index < -0.39 is 0 Å². The second kappa shape index (κ2) is 8.55. The van der Waals surface area contributed by atoms with Gasteiger partial charge < -0.3 is 0 Å². The Morgan fingerprint density at radius 1 is 0.367 bits per heavy atom. The highest BCUT2D eigenvalue weighted by Crippen LogP contribution is 2.41. The quantitative estimate of drug-likeness (QED) is 0.311. The minimum atomic E-state index is 1.25. The zero-order valence-corrected chi connectivity index (χ0v) is 18.2. The summed E-state index contributed by atoms with van der Waals surface area (Å²) in [6.07, 6.45) is 0. The third-order valence-corrected chi connectivity index (χ3v) is 5.84. The average Bonchev–Trinajstić information content (AvgIpc) is 2.76. The minimum Gasteiger partial charge on any atom is -0.0622 e. The van der Waals surface area contributed by atoms with Crippen molar-refractivity contribution in [1.29, 1.82) is 0 Å². The SMILES string of the molecule is Cc1cccc(C)c1/C(=C(/c1ccccc1)c1c(C)cccc1C)c1ccccc1. The van der Waals surface area contributed by atoms with Crippen molar-refractivity contribution >= 4 is 11.1 Å². The summed E-state index contributed by atoms with van der Waals surface area (Å²) in [5, 5.41) is 0. The van der Waals surface area contributed by atoms with E-state index in [1.54, 1.807) is 0 Å². The van der Waals surface area contributed by atoms with Crippen LogP contribution in [0.15, 0.2) is 97.1 Å². The first kappa shape index (κ1) is 19.9. The summed E-state index contributed by atoms with van der Waals surface area (Å²) in [5.41, 5.74) is 12.9. The second-order valence-corrected chi connectivity index (χ2v) is 8.02. The van der Waals surface area contributed by atoms with Crippen LogP contribution in [0.1, 0.15) is 44.5 Å². The van der Waals surface area contributed by atoms with Crippen LogP contribution >= 0.6 is 0 Å². The van der Waals surface area contributed by atoms with Crippen molar-refractivity contribution in [2.45, 2.75) is 27.7 Å². The molecular weight excluding hydrogens is 360 g/mol. The molecule has 0 radical (unpaired) electrons. The molecule has 0 saturated heterocycles. The van der Waals surface area contributed by atoms with Gasteiger partial charge in [0.1, 0.15) is 0 Å². The Morgan fingerprint density at radius 3 is 0.967 bits per heavy atom. The molecule has 0 spiro atoms. The Balaban J connectivity index is 2.23. The van der Waals surface area contributed by atoms with Gasteiger partial charge in [-0.05, 0) is 83.3 Å². The lowest BCUT2D eigenvalue weighted by atomic mass is 9.80. The Kier molecular flexibility index (Phi) is 5.68. The van der Waals surface area contributed by atoms with Crippen LogP contribution in [0.4, 0.5) is 0 Å². The monoisotopic (exact) mass is 388 g/mol. The van der Waals surface area contributed by atoms with Gasteiger partial charge in [0.05, 0.1) is 0 Å². The maximum Gasteiger partial charge on any atom is -0.00213 e. The van der Waals surface area contributed by atoms with Crippen molar-refractivity contribution in [2.24, 2.45) is 0 Å². The summed E-state index contributed by atoms with van der Waals surface area (Å²) < 4.78 is 0. The van der Waals surface area contributed by atoms with Crippen LogP contribution in [-0.2, 0) is 0 Å². The van der Waals surface area contributed by atoms with E-state index in [0.717, 1.165) is 0 Å². The van der Waals surface area contributed by atoms with E-state index in [1.165, 1.54) is 55.7 Å². The number of hydrogen-bond donors (Lipinski definition) is 0. The predicted molar refractivity (Wildman–Crippen MR) is 130 cm³/mol. The van der Waals surface area contributed by atoms with Gasteiger partial charge in [0, 0.05) is 0 Å². The summed E-state index contributed by atoms with van der Waals surface area (Å²) >= 11 is 0. The Morgan fingerprint density at radius 2 is 0.667 bits per heavy atom. The van der Waals surface area contributed by atoms with Crippen molar-refractivity contribution in [1.82, 2.24) is 0 Å². The zero-order valence-electron chi connectivity index (χ0n) is 18.2. The Hall–Kier alpha value is -3.38. The molecule has 0 amide bonds. The molecule has 0 bridgehead atoms. The summed E-state index contributed by atoms with van der Waals surface area (Å²) in [5.74, 6) is 0. The van der Waals surface area contributed by atoms with Crippen LogP contribution in [-0.4, -0.2) is 0 Å². The standard InChI is InChI=1S/C30H28/c1-21-13-11-14-22(2)27(21)29(25-17-7-5-8-18-25)30(26-19-9-6-10-20-26)28-23(3)15-12-16-24(28)4/h5-20H,1-4H3/b30-29-. The van der Waals surface area contributed by atoms with Crippen LogP contribution in [0.25, 0.3) is 11.1 Å². The van der Waals surface area contributed by atoms with Gasteiger partial charge >= 0.3 is 0 Å². The first-order valence-corrected chi connectivity index (χ1v) is 10.6. The molecule has 4 rings (SSSR count). The maximum absolute atomic E-state index is 2.23. The molecule has 4 aromatic carbocycles. The molecule has 0 heteroatoms. The smallest absolute Gasteiger partial charge is 0.00213 e. The van der Waals surface area contributed by atoms with Crippen molar-refractivity contribution < 1.29 is 0 Å². The molecule has 0 aliphatic heterocycles. The van der Waals surface area contributed by atoms with Crippen molar-refractivity contribution in [3.8, 4) is 0 Å². The fraction of sp³-hybridized carbons (Fsp3) is 0.133. The lowest BCUT2D eigenvalue weighted by Gasteiger charge is -2.23. The largest absolute Gasteiger partial charge is 0.0622 e. The molecule has 0 aromatic heterocycles. The summed E-state index contributed by atoms with van der Waals surface area (Å²) in [6, 6.07) is 34.8. The molecular formula is C30H28. The first-order chi connectivity index (χ1) is 14.6. The van der Waals surface area contributed by atoms with E-state index in [4.69, 9.17) is 0 Å². The number of benzene rings is 4.